The number of hydrogen-bond donors (Lipinski definition) is 4. The van der Waals surface area contributed by atoms with Gasteiger partial charge in [0.05, 0.1) is 12.2 Å². The second-order valence-corrected chi connectivity index (χ2v) is 7.29. The summed E-state index contributed by atoms with van der Waals surface area (Å²) in [5, 5.41) is 37.5. The van der Waals surface area contributed by atoms with Gasteiger partial charge in [-0.15, -0.1) is 0 Å². The van der Waals surface area contributed by atoms with Crippen molar-refractivity contribution in [3.8, 4) is 0 Å². The Kier molecular flexibility index (Phi) is 11.4. The van der Waals surface area contributed by atoms with Crippen molar-refractivity contribution < 1.29 is 30.0 Å². The molecule has 1 aliphatic rings. The van der Waals surface area contributed by atoms with Crippen LogP contribution in [0.4, 0.5) is 0 Å². The summed E-state index contributed by atoms with van der Waals surface area (Å²) < 4.78 is 0. The van der Waals surface area contributed by atoms with Crippen LogP contribution in [0.1, 0.15) is 70.6 Å². The van der Waals surface area contributed by atoms with Crippen LogP contribution in [0.3, 0.4) is 0 Å². The van der Waals surface area contributed by atoms with Gasteiger partial charge in [0.2, 0.25) is 0 Å². The van der Waals surface area contributed by atoms with E-state index in [4.69, 9.17) is 10.2 Å². The van der Waals surface area contributed by atoms with Gasteiger partial charge in [-0.1, -0.05) is 44.3 Å². The minimum Gasteiger partial charge on any atom is -0.481 e. The van der Waals surface area contributed by atoms with Crippen LogP contribution in [-0.2, 0) is 9.59 Å². The number of ketones is 1. The maximum Gasteiger partial charge on any atom is 0.303 e. The van der Waals surface area contributed by atoms with Crippen molar-refractivity contribution in [3.63, 3.8) is 0 Å². The number of carbonyl (C=O) groups is 2. The average molecular weight is 370 g/mol. The van der Waals surface area contributed by atoms with Gasteiger partial charge < -0.3 is 20.4 Å². The second kappa shape index (κ2) is 13.0. The van der Waals surface area contributed by atoms with Crippen LogP contribution in [0.2, 0.25) is 0 Å². The smallest absolute Gasteiger partial charge is 0.303 e. The molecule has 26 heavy (non-hydrogen) atoms. The molecule has 0 aromatic carbocycles. The number of rotatable bonds is 14. The maximum atomic E-state index is 12.1. The highest BCUT2D eigenvalue weighted by Crippen LogP contribution is 2.34. The minimum atomic E-state index is -0.779. The molecular formula is C20H34O6. The highest BCUT2D eigenvalue weighted by molar-refractivity contribution is 5.84. The summed E-state index contributed by atoms with van der Waals surface area (Å²) >= 11 is 0. The minimum absolute atomic E-state index is 0.0788. The van der Waals surface area contributed by atoms with Crippen molar-refractivity contribution in [2.24, 2.45) is 11.8 Å². The Bertz CT molecular complexity index is 448. The standard InChI is InChI=1S/C20H34O6/c21-13-7-3-4-8-15(22)11-12-17-16(18(23)14-19(17)24)9-5-1-2-6-10-20(25)26/h11-12,15-17,19,21-22,24H,1-10,13-14H2,(H,25,26)/t15-,16+,17-,19+/m0/s1. The molecule has 1 saturated carbocycles. The molecule has 0 radical (unpaired) electrons. The van der Waals surface area contributed by atoms with Gasteiger partial charge in [0.15, 0.2) is 0 Å². The van der Waals surface area contributed by atoms with E-state index in [0.717, 1.165) is 38.5 Å². The van der Waals surface area contributed by atoms with Gasteiger partial charge in [0, 0.05) is 31.3 Å². The summed E-state index contributed by atoms with van der Waals surface area (Å²) in [7, 11) is 0. The van der Waals surface area contributed by atoms with E-state index in [9.17, 15) is 19.8 Å². The molecule has 4 N–H and O–H groups in total. The molecule has 0 amide bonds. The number of aliphatic hydroxyl groups is 3. The monoisotopic (exact) mass is 370 g/mol. The van der Waals surface area contributed by atoms with Crippen LogP contribution in [0.5, 0.6) is 0 Å². The molecule has 150 valence electrons. The van der Waals surface area contributed by atoms with E-state index in [1.807, 2.05) is 0 Å². The van der Waals surface area contributed by atoms with Crippen LogP contribution in [0, 0.1) is 11.8 Å². The molecule has 1 fully saturated rings. The molecule has 1 aliphatic carbocycles. The molecule has 0 heterocycles. The molecule has 4 atom stereocenters. The van der Waals surface area contributed by atoms with Gasteiger partial charge in [-0.25, -0.2) is 0 Å². The Morgan fingerprint density at radius 2 is 1.81 bits per heavy atom. The van der Waals surface area contributed by atoms with Crippen molar-refractivity contribution in [2.45, 2.75) is 82.8 Å². The molecule has 6 nitrogen and oxygen atoms in total. The van der Waals surface area contributed by atoms with Gasteiger partial charge in [-0.2, -0.15) is 0 Å². The van der Waals surface area contributed by atoms with E-state index in [1.165, 1.54) is 0 Å². The largest absolute Gasteiger partial charge is 0.481 e. The number of unbranched alkanes of at least 4 members (excludes halogenated alkanes) is 5. The van der Waals surface area contributed by atoms with E-state index in [0.29, 0.717) is 19.3 Å². The van der Waals surface area contributed by atoms with Gasteiger partial charge in [-0.3, -0.25) is 9.59 Å². The van der Waals surface area contributed by atoms with Crippen LogP contribution in [0.15, 0.2) is 12.2 Å². The summed E-state index contributed by atoms with van der Waals surface area (Å²) in [6, 6.07) is 0. The number of aliphatic carboxylic acids is 1. The zero-order valence-electron chi connectivity index (χ0n) is 15.6. The van der Waals surface area contributed by atoms with Crippen molar-refractivity contribution in [3.05, 3.63) is 12.2 Å². The van der Waals surface area contributed by atoms with Crippen molar-refractivity contribution in [1.82, 2.24) is 0 Å². The lowest BCUT2D eigenvalue weighted by Crippen LogP contribution is -2.19. The first-order chi connectivity index (χ1) is 12.5. The Hall–Kier alpha value is -1.24. The van der Waals surface area contributed by atoms with Crippen molar-refractivity contribution >= 4 is 11.8 Å². The predicted molar refractivity (Wildman–Crippen MR) is 98.6 cm³/mol. The molecule has 6 heteroatoms. The zero-order chi connectivity index (χ0) is 19.4. The predicted octanol–water partition coefficient (Wildman–Crippen LogP) is 2.45. The molecule has 0 saturated heterocycles. The highest BCUT2D eigenvalue weighted by atomic mass is 16.4. The fourth-order valence-corrected chi connectivity index (χ4v) is 3.58. The third-order valence-electron chi connectivity index (χ3n) is 5.10. The van der Waals surface area contributed by atoms with Crippen LogP contribution >= 0.6 is 0 Å². The number of aliphatic hydroxyl groups excluding tert-OH is 3. The summed E-state index contributed by atoms with van der Waals surface area (Å²) in [5.41, 5.74) is 0. The summed E-state index contributed by atoms with van der Waals surface area (Å²) in [6.07, 6.45) is 9.53. The average Bonchev–Trinajstić information content (AvgIpc) is 2.85. The Morgan fingerprint density at radius 1 is 1.12 bits per heavy atom. The van der Waals surface area contributed by atoms with E-state index < -0.39 is 18.2 Å². The quantitative estimate of drug-likeness (QED) is 0.276. The highest BCUT2D eigenvalue weighted by Gasteiger charge is 2.39. The first-order valence-corrected chi connectivity index (χ1v) is 9.85. The third-order valence-corrected chi connectivity index (χ3v) is 5.10. The lowest BCUT2D eigenvalue weighted by atomic mass is 9.88. The zero-order valence-corrected chi connectivity index (χ0v) is 15.6. The number of hydrogen-bond acceptors (Lipinski definition) is 5. The molecule has 0 bridgehead atoms. The fourth-order valence-electron chi connectivity index (χ4n) is 3.58. The molecule has 0 unspecified atom stereocenters. The number of carboxylic acids is 1. The normalized spacial score (nSPS) is 24.4. The summed E-state index contributed by atoms with van der Waals surface area (Å²) in [4.78, 5) is 22.6. The first-order valence-electron chi connectivity index (χ1n) is 9.85. The molecular weight excluding hydrogens is 336 g/mol. The fraction of sp³-hybridized carbons (Fsp3) is 0.800. The number of carboxylic acid groups (broad SMARTS) is 1. The van der Waals surface area contributed by atoms with Crippen LogP contribution < -0.4 is 0 Å². The van der Waals surface area contributed by atoms with Crippen LogP contribution in [-0.4, -0.2) is 51.0 Å². The molecule has 1 rings (SSSR count). The molecule has 0 aliphatic heterocycles. The van der Waals surface area contributed by atoms with Crippen LogP contribution in [0.25, 0.3) is 0 Å². The first kappa shape index (κ1) is 22.8. The Labute approximate surface area is 155 Å². The van der Waals surface area contributed by atoms with Gasteiger partial charge in [0.25, 0.3) is 0 Å². The number of Topliss-reactive ketones (excluding diaryl/α,β-unsaturated/α-hetero) is 1. The van der Waals surface area contributed by atoms with E-state index >= 15 is 0 Å². The lowest BCUT2D eigenvalue weighted by molar-refractivity contribution is -0.137. The van der Waals surface area contributed by atoms with Crippen molar-refractivity contribution in [1.29, 1.82) is 0 Å². The Morgan fingerprint density at radius 3 is 2.50 bits per heavy atom. The van der Waals surface area contributed by atoms with Gasteiger partial charge >= 0.3 is 5.97 Å². The van der Waals surface area contributed by atoms with E-state index in [-0.39, 0.29) is 37.1 Å². The Balaban J connectivity index is 2.37. The van der Waals surface area contributed by atoms with Crippen molar-refractivity contribution in [2.75, 3.05) is 6.61 Å². The molecule has 0 spiro atoms. The number of carbonyl (C=O) groups excluding carboxylic acids is 1. The van der Waals surface area contributed by atoms with E-state index in [2.05, 4.69) is 0 Å². The van der Waals surface area contributed by atoms with Gasteiger partial charge in [0.1, 0.15) is 5.78 Å². The summed E-state index contributed by atoms with van der Waals surface area (Å²) in [5.74, 6) is -1.15. The third kappa shape index (κ3) is 8.92. The molecule has 0 aromatic heterocycles. The molecule has 0 aromatic rings. The van der Waals surface area contributed by atoms with Gasteiger partial charge in [-0.05, 0) is 25.7 Å². The summed E-state index contributed by atoms with van der Waals surface area (Å²) in [6.45, 7) is 0.167. The van der Waals surface area contributed by atoms with E-state index in [1.54, 1.807) is 12.2 Å². The SMILES string of the molecule is O=C(O)CCCCCC[C@H]1C(=O)C[C@@H](O)[C@H]1C=C[C@@H](O)CCCCCO. The lowest BCUT2D eigenvalue weighted by Gasteiger charge is -2.18. The maximum absolute atomic E-state index is 12.1. The topological polar surface area (TPSA) is 115 Å². The second-order valence-electron chi connectivity index (χ2n) is 7.29.